The van der Waals surface area contributed by atoms with Gasteiger partial charge in [-0.1, -0.05) is 54.6 Å². The fraction of sp³-hybridized carbons (Fsp3) is 0.457. The van der Waals surface area contributed by atoms with Gasteiger partial charge in [-0.15, -0.1) is 0 Å². The predicted molar refractivity (Wildman–Crippen MR) is 169 cm³/mol. The summed E-state index contributed by atoms with van der Waals surface area (Å²) in [4.78, 5) is 29.8. The summed E-state index contributed by atoms with van der Waals surface area (Å²) in [6, 6.07) is 20.2. The first-order valence-electron chi connectivity index (χ1n) is 15.3. The minimum atomic E-state index is -0.712. The topological polar surface area (TPSA) is 127 Å². The van der Waals surface area contributed by atoms with Crippen LogP contribution in [0.1, 0.15) is 78.2 Å². The number of anilines is 1. The lowest BCUT2D eigenvalue weighted by molar-refractivity contribution is -0.117. The number of rotatable bonds is 8. The van der Waals surface area contributed by atoms with Crippen molar-refractivity contribution in [2.45, 2.75) is 95.4 Å². The molecule has 2 saturated carbocycles. The molecule has 1 heterocycles. The molecule has 0 spiro atoms. The van der Waals surface area contributed by atoms with Crippen LogP contribution in [0.5, 0.6) is 0 Å². The standard InChI is InChI=1S/C35H44N4O4/c1-23(2)43-32(41)39-33(3)16-14-24(15-17-33)18-31(40)38-30-19-28(25-8-6-5-7-9-25)29(20-37-30)26-10-12-27(13-11-26)35(36)21-34(4,42)22-35/h5-13,19-20,23-24,42H,14-18,21-22,36H2,1-4H3,(H,39,41)(H,37,38,40). The lowest BCUT2D eigenvalue weighted by Gasteiger charge is -2.49. The average Bonchev–Trinajstić information content (AvgIpc) is 2.93. The normalized spacial score (nSPS) is 26.8. The molecular weight excluding hydrogens is 540 g/mol. The lowest BCUT2D eigenvalue weighted by Crippen LogP contribution is -2.58. The van der Waals surface area contributed by atoms with Crippen molar-refractivity contribution in [1.82, 2.24) is 10.3 Å². The second-order valence-corrected chi connectivity index (χ2v) is 13.4. The summed E-state index contributed by atoms with van der Waals surface area (Å²) >= 11 is 0. The van der Waals surface area contributed by atoms with Gasteiger partial charge in [0, 0.05) is 29.3 Å². The zero-order chi connectivity index (χ0) is 30.8. The maximum Gasteiger partial charge on any atom is 0.407 e. The maximum absolute atomic E-state index is 13.1. The van der Waals surface area contributed by atoms with Gasteiger partial charge in [0.2, 0.25) is 5.91 Å². The minimum Gasteiger partial charge on any atom is -0.447 e. The summed E-state index contributed by atoms with van der Waals surface area (Å²) in [6.07, 6.45) is 6.05. The van der Waals surface area contributed by atoms with Crippen molar-refractivity contribution in [2.75, 3.05) is 5.32 Å². The molecule has 2 aliphatic rings. The second kappa shape index (κ2) is 12.1. The summed E-state index contributed by atoms with van der Waals surface area (Å²) in [5.41, 5.74) is 9.98. The fourth-order valence-corrected chi connectivity index (χ4v) is 6.69. The SMILES string of the molecule is CC(C)OC(=O)NC1(C)CCC(CC(=O)Nc2cc(-c3ccccc3)c(-c3ccc(C4(N)CC(C)(O)C4)cc3)cn2)CC1. The van der Waals surface area contributed by atoms with E-state index in [1.807, 2.05) is 94.6 Å². The highest BCUT2D eigenvalue weighted by Gasteiger charge is 2.49. The van der Waals surface area contributed by atoms with Gasteiger partial charge < -0.3 is 26.2 Å². The first-order valence-corrected chi connectivity index (χ1v) is 15.3. The van der Waals surface area contributed by atoms with Crippen LogP contribution >= 0.6 is 0 Å². The molecule has 43 heavy (non-hydrogen) atoms. The summed E-state index contributed by atoms with van der Waals surface area (Å²) in [5.74, 6) is 0.696. The lowest BCUT2D eigenvalue weighted by atomic mass is 9.63. The average molecular weight is 585 g/mol. The molecule has 3 aromatic rings. The fourth-order valence-electron chi connectivity index (χ4n) is 6.69. The Hall–Kier alpha value is -3.75. The Labute approximate surface area is 254 Å². The molecular formula is C35H44N4O4. The summed E-state index contributed by atoms with van der Waals surface area (Å²) in [7, 11) is 0. The van der Waals surface area contributed by atoms with Crippen molar-refractivity contribution < 1.29 is 19.4 Å². The van der Waals surface area contributed by atoms with E-state index in [2.05, 4.69) is 15.6 Å². The molecule has 1 aromatic heterocycles. The van der Waals surface area contributed by atoms with Crippen molar-refractivity contribution in [3.05, 3.63) is 72.4 Å². The molecule has 8 nitrogen and oxygen atoms in total. The minimum absolute atomic E-state index is 0.0611. The van der Waals surface area contributed by atoms with Gasteiger partial charge in [0.25, 0.3) is 0 Å². The molecule has 0 radical (unpaired) electrons. The number of carbonyl (C=O) groups is 2. The van der Waals surface area contributed by atoms with Gasteiger partial charge in [-0.3, -0.25) is 4.79 Å². The molecule has 2 amide bonds. The van der Waals surface area contributed by atoms with E-state index in [1.165, 1.54) is 0 Å². The zero-order valence-electron chi connectivity index (χ0n) is 25.7. The highest BCUT2D eigenvalue weighted by atomic mass is 16.6. The van der Waals surface area contributed by atoms with Crippen LogP contribution < -0.4 is 16.4 Å². The zero-order valence-corrected chi connectivity index (χ0v) is 25.7. The van der Waals surface area contributed by atoms with Crippen molar-refractivity contribution in [3.63, 3.8) is 0 Å². The van der Waals surface area contributed by atoms with E-state index in [-0.39, 0.29) is 29.6 Å². The monoisotopic (exact) mass is 584 g/mol. The van der Waals surface area contributed by atoms with Crippen molar-refractivity contribution >= 4 is 17.8 Å². The molecule has 2 aliphatic carbocycles. The third-order valence-electron chi connectivity index (χ3n) is 8.85. The number of alkyl carbamates (subject to hydrolysis) is 1. The van der Waals surface area contributed by atoms with Crippen LogP contribution in [-0.2, 0) is 15.1 Å². The Morgan fingerprint density at radius 3 is 2.23 bits per heavy atom. The van der Waals surface area contributed by atoms with Crippen molar-refractivity contribution in [1.29, 1.82) is 0 Å². The number of nitrogens with zero attached hydrogens (tertiary/aromatic N) is 1. The Balaban J connectivity index is 1.26. The molecule has 0 bridgehead atoms. The molecule has 0 unspecified atom stereocenters. The van der Waals surface area contributed by atoms with E-state index in [1.54, 1.807) is 0 Å². The smallest absolute Gasteiger partial charge is 0.407 e. The summed E-state index contributed by atoms with van der Waals surface area (Å²) in [5, 5.41) is 16.3. The van der Waals surface area contributed by atoms with Crippen LogP contribution in [0, 0.1) is 5.92 Å². The van der Waals surface area contributed by atoms with Gasteiger partial charge in [-0.2, -0.15) is 0 Å². The third-order valence-corrected chi connectivity index (χ3v) is 8.85. The number of nitrogens with two attached hydrogens (primary N) is 1. The first-order chi connectivity index (χ1) is 20.3. The van der Waals surface area contributed by atoms with Crippen LogP contribution in [-0.4, -0.2) is 39.3 Å². The quantitative estimate of drug-likeness (QED) is 0.239. The van der Waals surface area contributed by atoms with Crippen LogP contribution in [0.3, 0.4) is 0 Å². The van der Waals surface area contributed by atoms with E-state index >= 15 is 0 Å². The molecule has 0 saturated heterocycles. The number of carbonyl (C=O) groups excluding carboxylic acids is 2. The number of pyridine rings is 1. The Morgan fingerprint density at radius 2 is 1.63 bits per heavy atom. The van der Waals surface area contributed by atoms with Gasteiger partial charge in [0.15, 0.2) is 0 Å². The van der Waals surface area contributed by atoms with Crippen LogP contribution in [0.15, 0.2) is 66.9 Å². The number of aliphatic hydroxyl groups is 1. The second-order valence-electron chi connectivity index (χ2n) is 13.4. The largest absolute Gasteiger partial charge is 0.447 e. The van der Waals surface area contributed by atoms with Gasteiger partial charge in [-0.25, -0.2) is 9.78 Å². The predicted octanol–water partition coefficient (Wildman–Crippen LogP) is 6.53. The van der Waals surface area contributed by atoms with Crippen LogP contribution in [0.2, 0.25) is 0 Å². The number of nitrogens with one attached hydrogen (secondary N) is 2. The van der Waals surface area contributed by atoms with Gasteiger partial charge in [0.1, 0.15) is 5.82 Å². The van der Waals surface area contributed by atoms with Crippen molar-refractivity contribution in [2.24, 2.45) is 11.7 Å². The first kappa shape index (κ1) is 30.7. The van der Waals surface area contributed by atoms with E-state index in [9.17, 15) is 14.7 Å². The molecule has 2 fully saturated rings. The molecule has 2 aromatic carbocycles. The molecule has 0 aliphatic heterocycles. The van der Waals surface area contributed by atoms with E-state index < -0.39 is 11.1 Å². The molecule has 228 valence electrons. The van der Waals surface area contributed by atoms with E-state index in [4.69, 9.17) is 10.5 Å². The molecule has 5 N–H and O–H groups in total. The van der Waals surface area contributed by atoms with Gasteiger partial charge in [-0.05, 0) is 100 Å². The number of ether oxygens (including phenoxy) is 1. The highest BCUT2D eigenvalue weighted by Crippen LogP contribution is 2.46. The summed E-state index contributed by atoms with van der Waals surface area (Å²) in [6.45, 7) is 7.53. The number of hydrogen-bond donors (Lipinski definition) is 4. The third kappa shape index (κ3) is 7.43. The van der Waals surface area contributed by atoms with E-state index in [0.29, 0.717) is 25.1 Å². The van der Waals surface area contributed by atoms with E-state index in [0.717, 1.165) is 53.5 Å². The van der Waals surface area contributed by atoms with Crippen LogP contribution in [0.25, 0.3) is 22.3 Å². The van der Waals surface area contributed by atoms with Gasteiger partial charge in [0.05, 0.1) is 11.7 Å². The van der Waals surface area contributed by atoms with Crippen LogP contribution in [0.4, 0.5) is 10.6 Å². The highest BCUT2D eigenvalue weighted by molar-refractivity contribution is 5.92. The maximum atomic E-state index is 13.1. The summed E-state index contributed by atoms with van der Waals surface area (Å²) < 4.78 is 5.25. The number of amides is 2. The number of aromatic nitrogens is 1. The van der Waals surface area contributed by atoms with Crippen molar-refractivity contribution in [3.8, 4) is 22.3 Å². The molecule has 8 heteroatoms. The molecule has 5 rings (SSSR count). The number of hydrogen-bond acceptors (Lipinski definition) is 6. The Bertz CT molecular complexity index is 1440. The van der Waals surface area contributed by atoms with Gasteiger partial charge >= 0.3 is 6.09 Å². The number of benzene rings is 2. The Kier molecular flexibility index (Phi) is 8.63. The Morgan fingerprint density at radius 1 is 1.00 bits per heavy atom. The molecule has 0 atom stereocenters.